The van der Waals surface area contributed by atoms with Crippen LogP contribution in [0.2, 0.25) is 0 Å². The third-order valence-corrected chi connectivity index (χ3v) is 9.49. The second-order valence-electron chi connectivity index (χ2n) is 7.58. The number of benzene rings is 4. The van der Waals surface area contributed by atoms with Crippen LogP contribution in [0, 0.1) is 0 Å². The van der Waals surface area contributed by atoms with Gasteiger partial charge in [0.2, 0.25) is 0 Å². The van der Waals surface area contributed by atoms with Gasteiger partial charge in [0.15, 0.2) is 5.70 Å². The number of carbonyl (C=O) groups excluding carboxylic acids is 2. The van der Waals surface area contributed by atoms with Crippen LogP contribution in [-0.2, 0) is 9.53 Å². The Morgan fingerprint density at radius 3 is 1.41 bits per heavy atom. The van der Waals surface area contributed by atoms with Gasteiger partial charge in [-0.15, -0.1) is 0 Å². The summed E-state index contributed by atoms with van der Waals surface area (Å²) in [7, 11) is -1.18. The van der Waals surface area contributed by atoms with Gasteiger partial charge in [-0.1, -0.05) is 72.8 Å². The number of carbonyl (C=O) groups is 2. The summed E-state index contributed by atoms with van der Waals surface area (Å²) >= 11 is 0. The van der Waals surface area contributed by atoms with Crippen molar-refractivity contribution < 1.29 is 14.3 Å². The number of methoxy groups -OCH3 is 1. The molecule has 0 spiro atoms. The molecule has 0 fully saturated rings. The monoisotopic (exact) mass is 466 g/mol. The molecule has 0 radical (unpaired) electrons. The third-order valence-electron chi connectivity index (χ3n) is 5.50. The number of esters is 1. The van der Waals surface area contributed by atoms with Crippen LogP contribution in [0.25, 0.3) is 0 Å². The molecule has 4 nitrogen and oxygen atoms in total. The summed E-state index contributed by atoms with van der Waals surface area (Å²) in [6, 6.07) is 39.1. The minimum Gasteiger partial charge on any atom is -0.464 e. The summed E-state index contributed by atoms with van der Waals surface area (Å²) in [5.41, 5.74) is 0.571. The lowest BCUT2D eigenvalue weighted by Gasteiger charge is -2.25. The molecule has 4 aromatic rings. The fourth-order valence-corrected chi connectivity index (χ4v) is 7.71. The van der Waals surface area contributed by atoms with E-state index in [-0.39, 0.29) is 11.6 Å². The maximum absolute atomic E-state index is 13.0. The van der Waals surface area contributed by atoms with Crippen molar-refractivity contribution in [3.05, 3.63) is 138 Å². The molecule has 0 aliphatic carbocycles. The van der Waals surface area contributed by atoms with Crippen LogP contribution in [0.3, 0.4) is 0 Å². The molecule has 0 bridgehead atoms. The number of amides is 1. The van der Waals surface area contributed by atoms with E-state index < -0.39 is 13.2 Å². The number of hydrogen-bond donors (Lipinski definition) is 1. The fourth-order valence-electron chi connectivity index (χ4n) is 3.88. The topological polar surface area (TPSA) is 55.4 Å². The normalized spacial score (nSPS) is 11.5. The second kappa shape index (κ2) is 10.7. The first-order valence-electron chi connectivity index (χ1n) is 10.9. The van der Waals surface area contributed by atoms with E-state index in [2.05, 4.69) is 41.7 Å². The molecular formula is C29H25NO3P+. The molecule has 4 aromatic carbocycles. The van der Waals surface area contributed by atoms with Crippen molar-refractivity contribution in [1.29, 1.82) is 0 Å². The summed E-state index contributed by atoms with van der Waals surface area (Å²) in [5, 5.41) is 6.00. The summed E-state index contributed by atoms with van der Waals surface area (Å²) in [6.45, 7) is 0. The molecule has 0 unspecified atom stereocenters. The number of rotatable bonds is 7. The molecule has 0 aliphatic heterocycles. The van der Waals surface area contributed by atoms with Crippen molar-refractivity contribution in [1.82, 2.24) is 5.32 Å². The Kier molecular flexibility index (Phi) is 7.31. The highest BCUT2D eigenvalue weighted by Crippen LogP contribution is 2.57. The van der Waals surface area contributed by atoms with Crippen LogP contribution in [-0.4, -0.2) is 19.0 Å². The Morgan fingerprint density at radius 2 is 1.03 bits per heavy atom. The molecule has 0 saturated heterocycles. The quantitative estimate of drug-likeness (QED) is 0.249. The highest BCUT2D eigenvalue weighted by molar-refractivity contribution is 7.98. The maximum Gasteiger partial charge on any atom is 0.358 e. The number of ether oxygens (including phenoxy) is 1. The highest BCUT2D eigenvalue weighted by Gasteiger charge is 2.45. The van der Waals surface area contributed by atoms with E-state index in [9.17, 15) is 9.59 Å². The molecule has 1 N–H and O–H groups in total. The van der Waals surface area contributed by atoms with E-state index in [1.54, 1.807) is 24.3 Å². The predicted octanol–water partition coefficient (Wildman–Crippen LogP) is 4.42. The second-order valence-corrected chi connectivity index (χ2v) is 10.8. The van der Waals surface area contributed by atoms with Crippen LogP contribution in [0.5, 0.6) is 0 Å². The summed E-state index contributed by atoms with van der Waals surface area (Å²) in [6.07, 6.45) is 0. The van der Waals surface area contributed by atoms with Gasteiger partial charge in [0, 0.05) is 5.56 Å². The van der Waals surface area contributed by atoms with Gasteiger partial charge < -0.3 is 10.1 Å². The van der Waals surface area contributed by atoms with E-state index in [1.165, 1.54) is 7.11 Å². The van der Waals surface area contributed by atoms with Gasteiger partial charge in [0.1, 0.15) is 29.0 Å². The minimum atomic E-state index is -2.50. The molecule has 1 amide bonds. The SMILES string of the molecule is COC(=O)/C(=C\[P+](c1ccccc1)(c1ccccc1)c1ccccc1)NC(=O)c1ccccc1. The number of nitrogens with one attached hydrogen (secondary N) is 1. The van der Waals surface area contributed by atoms with Crippen LogP contribution in [0.15, 0.2) is 133 Å². The van der Waals surface area contributed by atoms with Crippen molar-refractivity contribution in [2.45, 2.75) is 0 Å². The summed E-state index contributed by atoms with van der Waals surface area (Å²) < 4.78 is 5.10. The molecule has 168 valence electrons. The lowest BCUT2D eigenvalue weighted by molar-refractivity contribution is -0.136. The fraction of sp³-hybridized carbons (Fsp3) is 0.0345. The first-order valence-corrected chi connectivity index (χ1v) is 12.7. The van der Waals surface area contributed by atoms with E-state index in [0.717, 1.165) is 15.9 Å². The zero-order valence-corrected chi connectivity index (χ0v) is 19.7. The van der Waals surface area contributed by atoms with Gasteiger partial charge in [0.05, 0.1) is 7.11 Å². The van der Waals surface area contributed by atoms with E-state index in [4.69, 9.17) is 4.74 Å². The Morgan fingerprint density at radius 1 is 0.647 bits per heavy atom. The Labute approximate surface area is 200 Å². The van der Waals surface area contributed by atoms with Crippen molar-refractivity contribution in [3.63, 3.8) is 0 Å². The smallest absolute Gasteiger partial charge is 0.358 e. The van der Waals surface area contributed by atoms with E-state index in [0.29, 0.717) is 5.56 Å². The first kappa shape index (κ1) is 23.2. The van der Waals surface area contributed by atoms with E-state index in [1.807, 2.05) is 66.5 Å². The van der Waals surface area contributed by atoms with Gasteiger partial charge in [-0.05, 0) is 48.5 Å². The van der Waals surface area contributed by atoms with Gasteiger partial charge >= 0.3 is 5.97 Å². The average Bonchev–Trinajstić information content (AvgIpc) is 2.92. The van der Waals surface area contributed by atoms with Crippen LogP contribution >= 0.6 is 7.26 Å². The van der Waals surface area contributed by atoms with Crippen LogP contribution in [0.4, 0.5) is 0 Å². The van der Waals surface area contributed by atoms with E-state index >= 15 is 0 Å². The third kappa shape index (κ3) is 4.83. The van der Waals surface area contributed by atoms with Crippen molar-refractivity contribution in [2.24, 2.45) is 0 Å². The lowest BCUT2D eigenvalue weighted by Crippen LogP contribution is -2.33. The van der Waals surface area contributed by atoms with Gasteiger partial charge in [-0.25, -0.2) is 4.79 Å². The Hall–Kier alpha value is -4.01. The summed E-state index contributed by atoms with van der Waals surface area (Å²) in [5.74, 6) is 0.931. The molecule has 0 atom stereocenters. The maximum atomic E-state index is 13.0. The molecule has 34 heavy (non-hydrogen) atoms. The van der Waals surface area contributed by atoms with Gasteiger partial charge in [0.25, 0.3) is 5.91 Å². The molecular weight excluding hydrogens is 441 g/mol. The van der Waals surface area contributed by atoms with Crippen LogP contribution < -0.4 is 21.2 Å². The average molecular weight is 466 g/mol. The van der Waals surface area contributed by atoms with Crippen molar-refractivity contribution >= 4 is 35.1 Å². The molecule has 0 aromatic heterocycles. The van der Waals surface area contributed by atoms with Crippen molar-refractivity contribution in [2.75, 3.05) is 7.11 Å². The minimum absolute atomic E-state index is 0.112. The largest absolute Gasteiger partial charge is 0.464 e. The zero-order chi connectivity index (χ0) is 23.8. The predicted molar refractivity (Wildman–Crippen MR) is 139 cm³/mol. The number of hydrogen-bond acceptors (Lipinski definition) is 3. The molecule has 0 aliphatic rings. The summed E-state index contributed by atoms with van der Waals surface area (Å²) in [4.78, 5) is 26.0. The molecule has 0 saturated carbocycles. The Balaban J connectivity index is 1.97. The van der Waals surface area contributed by atoms with Crippen molar-refractivity contribution in [3.8, 4) is 0 Å². The Bertz CT molecular complexity index is 1180. The molecule has 5 heteroatoms. The van der Waals surface area contributed by atoms with Crippen LogP contribution in [0.1, 0.15) is 10.4 Å². The lowest BCUT2D eigenvalue weighted by atomic mass is 10.2. The zero-order valence-electron chi connectivity index (χ0n) is 18.8. The first-order chi connectivity index (χ1) is 16.6. The van der Waals surface area contributed by atoms with Gasteiger partial charge in [-0.2, -0.15) is 0 Å². The standard InChI is InChI=1S/C29H24NO3P/c1-33-29(32)27(30-28(31)23-14-6-2-7-15-23)22-34(24-16-8-3-9-17-24,25-18-10-4-11-19-25)26-20-12-5-13-21-26/h2-22H,1H3/p+1/b27-22+. The van der Waals surface area contributed by atoms with Gasteiger partial charge in [-0.3, -0.25) is 4.79 Å². The molecule has 0 heterocycles. The molecule has 4 rings (SSSR count). The highest BCUT2D eigenvalue weighted by atomic mass is 31.2.